The Morgan fingerprint density at radius 2 is 1.75 bits per heavy atom. The smallest absolute Gasteiger partial charge is 0.0740 e. The van der Waals surface area contributed by atoms with Crippen molar-refractivity contribution >= 4 is 63.7 Å². The molecule has 8 heavy (non-hydrogen) atoms. The van der Waals surface area contributed by atoms with Crippen molar-refractivity contribution in [2.75, 3.05) is 0 Å². The van der Waals surface area contributed by atoms with Crippen LogP contribution in [0.4, 0.5) is 0 Å². The zero-order valence-corrected chi connectivity index (χ0v) is 10.6. The van der Waals surface area contributed by atoms with Crippen LogP contribution in [0.2, 0.25) is 0 Å². The van der Waals surface area contributed by atoms with Crippen LogP contribution in [-0.2, 0) is 0 Å². The minimum atomic E-state index is 0. The van der Waals surface area contributed by atoms with Crippen LogP contribution in [0.5, 0.6) is 0 Å². The lowest BCUT2D eigenvalue weighted by atomic mass is 10.4. The van der Waals surface area contributed by atoms with Gasteiger partial charge in [0.05, 0.1) is 3.74 Å². The van der Waals surface area contributed by atoms with Crippen LogP contribution in [-0.4, -0.2) is 6.97 Å². The molecule has 0 aromatic heterocycles. The number of hydrogen-bond donors (Lipinski definition) is 0. The Balaban J connectivity index is 3.71. The van der Waals surface area contributed by atoms with Crippen molar-refractivity contribution in [1.29, 1.82) is 0 Å². The summed E-state index contributed by atoms with van der Waals surface area (Å²) >= 11 is 13.7. The van der Waals surface area contributed by atoms with Crippen molar-refractivity contribution in [2.24, 2.45) is 0 Å². The maximum absolute atomic E-state index is 3.47. The van der Waals surface area contributed by atoms with Crippen LogP contribution in [0.15, 0.2) is 0 Å². The van der Waals surface area contributed by atoms with Gasteiger partial charge in [0.2, 0.25) is 0 Å². The van der Waals surface area contributed by atoms with Crippen LogP contribution in [0.25, 0.3) is 0 Å². The van der Waals surface area contributed by atoms with Gasteiger partial charge in [0.25, 0.3) is 0 Å². The summed E-state index contributed by atoms with van der Waals surface area (Å²) in [5.74, 6) is 0. The van der Waals surface area contributed by atoms with Gasteiger partial charge in [-0.1, -0.05) is 70.6 Å². The topological polar surface area (TPSA) is 0 Å². The second-order valence-corrected chi connectivity index (χ2v) is 8.37. The van der Waals surface area contributed by atoms with E-state index < -0.39 is 0 Å². The minimum absolute atomic E-state index is 0. The third-order valence-corrected chi connectivity index (χ3v) is 6.85. The molecule has 0 saturated heterocycles. The summed E-state index contributed by atoms with van der Waals surface area (Å²) in [5.41, 5.74) is 0. The Bertz CT molecular complexity index is 68.4. The first-order valence-corrected chi connectivity index (χ1v) is 5.58. The highest BCUT2D eigenvalue weighted by atomic mass is 79.9. The zero-order valence-electron chi connectivity index (χ0n) is 4.30. The third-order valence-electron chi connectivity index (χ3n) is 0.791. The zero-order chi connectivity index (χ0) is 6.78. The first-order valence-electron chi connectivity index (χ1n) is 2.16. The lowest BCUT2D eigenvalue weighted by Crippen LogP contribution is -2.17. The Morgan fingerprint density at radius 1 is 1.38 bits per heavy atom. The van der Waals surface area contributed by atoms with Gasteiger partial charge in [0.1, 0.15) is 3.23 Å². The van der Waals surface area contributed by atoms with Gasteiger partial charge < -0.3 is 0 Å². The van der Waals surface area contributed by atoms with Crippen molar-refractivity contribution in [3.05, 3.63) is 0 Å². The number of rotatable bonds is 2. The van der Waals surface area contributed by atoms with Gasteiger partial charge in [-0.2, -0.15) is 0 Å². The summed E-state index contributed by atoms with van der Waals surface area (Å²) in [7, 11) is 0. The SMILES string of the molecule is CCC(Br)(Br)C(Br)Br. The van der Waals surface area contributed by atoms with Crippen molar-refractivity contribution in [2.45, 2.75) is 20.3 Å². The van der Waals surface area contributed by atoms with Crippen LogP contribution in [0, 0.1) is 0 Å². The third kappa shape index (κ3) is 3.18. The van der Waals surface area contributed by atoms with E-state index in [1.54, 1.807) is 0 Å². The predicted octanol–water partition coefficient (Wildman–Crippen LogP) is 4.00. The minimum Gasteiger partial charge on any atom is -0.0740 e. The summed E-state index contributed by atoms with van der Waals surface area (Å²) in [6, 6.07) is 0. The molecule has 0 spiro atoms. The Morgan fingerprint density at radius 3 is 1.75 bits per heavy atom. The molecular weight excluding hydrogens is 368 g/mol. The van der Waals surface area contributed by atoms with E-state index in [2.05, 4.69) is 70.6 Å². The normalized spacial score (nSPS) is 12.8. The van der Waals surface area contributed by atoms with Crippen LogP contribution < -0.4 is 0 Å². The largest absolute Gasteiger partial charge is 0.102 e. The standard InChI is InChI=1S/C4H6Br4/c1-2-4(7,8)3(5)6/h3H,2H2,1H3. The van der Waals surface area contributed by atoms with Crippen molar-refractivity contribution in [3.8, 4) is 0 Å². The molecule has 0 aliphatic heterocycles. The predicted molar refractivity (Wildman–Crippen MR) is 52.5 cm³/mol. The highest BCUT2D eigenvalue weighted by Crippen LogP contribution is 2.40. The molecule has 0 bridgehead atoms. The van der Waals surface area contributed by atoms with E-state index >= 15 is 0 Å². The van der Waals surface area contributed by atoms with E-state index in [4.69, 9.17) is 0 Å². The van der Waals surface area contributed by atoms with Crippen LogP contribution >= 0.6 is 63.7 Å². The van der Waals surface area contributed by atoms with Crippen molar-refractivity contribution in [3.63, 3.8) is 0 Å². The molecule has 0 fully saturated rings. The molecule has 4 heteroatoms. The second-order valence-electron chi connectivity index (χ2n) is 1.42. The van der Waals surface area contributed by atoms with Crippen molar-refractivity contribution < 1.29 is 0 Å². The van der Waals surface area contributed by atoms with E-state index in [-0.39, 0.29) is 6.97 Å². The first kappa shape index (κ1) is 9.92. The molecule has 0 aromatic carbocycles. The Labute approximate surface area is 83.3 Å². The summed E-state index contributed by atoms with van der Waals surface area (Å²) in [6.07, 6.45) is 1.02. The molecule has 0 amide bonds. The molecule has 0 atom stereocenters. The van der Waals surface area contributed by atoms with Crippen molar-refractivity contribution in [1.82, 2.24) is 0 Å². The molecule has 0 N–H and O–H groups in total. The summed E-state index contributed by atoms with van der Waals surface area (Å²) in [6.45, 7) is 2.10. The summed E-state index contributed by atoms with van der Waals surface area (Å²) in [4.78, 5) is 0. The maximum atomic E-state index is 3.47. The van der Waals surface area contributed by atoms with Gasteiger partial charge in [-0.3, -0.25) is 0 Å². The van der Waals surface area contributed by atoms with E-state index in [1.807, 2.05) is 0 Å². The van der Waals surface area contributed by atoms with Gasteiger partial charge in [-0.15, -0.1) is 0 Å². The van der Waals surface area contributed by atoms with Gasteiger partial charge in [0, 0.05) is 0 Å². The Hall–Kier alpha value is 1.92. The van der Waals surface area contributed by atoms with Crippen LogP contribution in [0.3, 0.4) is 0 Å². The first-order chi connectivity index (χ1) is 3.50. The van der Waals surface area contributed by atoms with Gasteiger partial charge in [-0.25, -0.2) is 0 Å². The average molecular weight is 374 g/mol. The molecule has 0 aromatic rings. The lowest BCUT2D eigenvalue weighted by molar-refractivity contribution is 0.876. The fourth-order valence-electron chi connectivity index (χ4n) is 0.154. The average Bonchev–Trinajstić information content (AvgIpc) is 1.67. The second kappa shape index (κ2) is 3.94. The van der Waals surface area contributed by atoms with E-state index in [1.165, 1.54) is 0 Å². The number of alkyl halides is 4. The number of hydrogen-bond acceptors (Lipinski definition) is 0. The molecule has 0 aliphatic rings. The van der Waals surface area contributed by atoms with Crippen LogP contribution in [0.1, 0.15) is 13.3 Å². The monoisotopic (exact) mass is 370 g/mol. The van der Waals surface area contributed by atoms with Gasteiger partial charge in [-0.05, 0) is 6.42 Å². The molecule has 50 valence electrons. The molecule has 0 aliphatic carbocycles. The molecule has 0 saturated carbocycles. The van der Waals surface area contributed by atoms with Gasteiger partial charge in [0.15, 0.2) is 0 Å². The fraction of sp³-hybridized carbons (Fsp3) is 1.00. The quantitative estimate of drug-likeness (QED) is 0.642. The van der Waals surface area contributed by atoms with E-state index in [9.17, 15) is 0 Å². The molecule has 0 heterocycles. The summed E-state index contributed by atoms with van der Waals surface area (Å²) in [5, 5.41) is 0. The Kier molecular flexibility index (Phi) is 4.88. The van der Waals surface area contributed by atoms with Gasteiger partial charge >= 0.3 is 0 Å². The van der Waals surface area contributed by atoms with E-state index in [0.717, 1.165) is 6.42 Å². The molecule has 0 rings (SSSR count). The maximum Gasteiger partial charge on any atom is 0.102 e. The lowest BCUT2D eigenvalue weighted by Gasteiger charge is -2.18. The fourth-order valence-corrected chi connectivity index (χ4v) is 0.802. The molecule has 0 unspecified atom stereocenters. The number of halogens is 4. The molecule has 0 radical (unpaired) electrons. The van der Waals surface area contributed by atoms with E-state index in [0.29, 0.717) is 0 Å². The highest BCUT2D eigenvalue weighted by Gasteiger charge is 2.26. The molecule has 0 nitrogen and oxygen atoms in total. The summed E-state index contributed by atoms with van der Waals surface area (Å²) < 4.78 is 0.271. The highest BCUT2D eigenvalue weighted by molar-refractivity contribution is 9.30. The molecular formula is C4H6Br4.